The second-order valence-corrected chi connectivity index (χ2v) is 6.29. The lowest BCUT2D eigenvalue weighted by Gasteiger charge is -2.09. The highest BCUT2D eigenvalue weighted by Gasteiger charge is 2.04. The molecule has 0 aromatic carbocycles. The maximum absolute atomic E-state index is 5.91. The van der Waals surface area contributed by atoms with Crippen molar-refractivity contribution in [2.24, 2.45) is 16.6 Å². The Morgan fingerprint density at radius 2 is 2.00 bits per heavy atom. The Morgan fingerprint density at radius 3 is 2.73 bits per heavy atom. The van der Waals surface area contributed by atoms with Crippen LogP contribution in [0.1, 0.15) is 65.1 Å². The van der Waals surface area contributed by atoms with E-state index in [2.05, 4.69) is 40.6 Å². The fourth-order valence-electron chi connectivity index (χ4n) is 2.38. The Morgan fingerprint density at radius 1 is 1.27 bits per heavy atom. The van der Waals surface area contributed by atoms with Gasteiger partial charge in [-0.2, -0.15) is 0 Å². The van der Waals surface area contributed by atoms with Gasteiger partial charge in [-0.3, -0.25) is 0 Å². The quantitative estimate of drug-likeness (QED) is 0.374. The predicted molar refractivity (Wildman–Crippen MR) is 93.8 cm³/mol. The highest BCUT2D eigenvalue weighted by Crippen LogP contribution is 2.05. The summed E-state index contributed by atoms with van der Waals surface area (Å²) in [7, 11) is 0. The minimum absolute atomic E-state index is 0.521. The summed E-state index contributed by atoms with van der Waals surface area (Å²) in [5, 5.41) is 3.19. The lowest BCUT2D eigenvalue weighted by molar-refractivity contribution is 0.507. The number of nitrogens with one attached hydrogen (secondary N) is 1. The first kappa shape index (κ1) is 18.5. The molecule has 22 heavy (non-hydrogen) atoms. The van der Waals surface area contributed by atoms with Gasteiger partial charge in [0.1, 0.15) is 12.4 Å². The lowest BCUT2D eigenvalue weighted by Crippen LogP contribution is -2.32. The molecule has 0 saturated heterocycles. The number of rotatable bonds is 11. The lowest BCUT2D eigenvalue weighted by atomic mass is 10.1. The summed E-state index contributed by atoms with van der Waals surface area (Å²) in [6.45, 7) is 9.05. The molecule has 1 aromatic rings. The zero-order valence-corrected chi connectivity index (χ0v) is 14.5. The van der Waals surface area contributed by atoms with Gasteiger partial charge in [-0.1, -0.05) is 52.9 Å². The van der Waals surface area contributed by atoms with Gasteiger partial charge < -0.3 is 15.6 Å². The number of imidazole rings is 1. The molecule has 0 bridgehead atoms. The normalized spacial score (nSPS) is 12.1. The predicted octanol–water partition coefficient (Wildman–Crippen LogP) is 3.30. The van der Waals surface area contributed by atoms with E-state index in [1.807, 2.05) is 12.4 Å². The molecule has 1 heterocycles. The summed E-state index contributed by atoms with van der Waals surface area (Å²) < 4.78 is 2.15. The third-order valence-electron chi connectivity index (χ3n) is 3.59. The number of aromatic nitrogens is 2. The van der Waals surface area contributed by atoms with Crippen LogP contribution in [0.3, 0.4) is 0 Å². The van der Waals surface area contributed by atoms with Crippen LogP contribution in [-0.2, 0) is 13.1 Å². The van der Waals surface area contributed by atoms with E-state index in [1.54, 1.807) is 0 Å². The maximum atomic E-state index is 5.91. The van der Waals surface area contributed by atoms with Crippen LogP contribution >= 0.6 is 0 Å². The van der Waals surface area contributed by atoms with Crippen molar-refractivity contribution in [1.29, 1.82) is 0 Å². The second-order valence-electron chi connectivity index (χ2n) is 6.29. The molecule has 126 valence electrons. The van der Waals surface area contributed by atoms with E-state index >= 15 is 0 Å². The van der Waals surface area contributed by atoms with Gasteiger partial charge in [-0.05, 0) is 12.3 Å². The van der Waals surface area contributed by atoms with Crippen LogP contribution in [0.25, 0.3) is 0 Å². The van der Waals surface area contributed by atoms with Gasteiger partial charge in [0.2, 0.25) is 0 Å². The number of guanidine groups is 1. The average molecular weight is 307 g/mol. The van der Waals surface area contributed by atoms with E-state index < -0.39 is 0 Å². The van der Waals surface area contributed by atoms with E-state index in [1.165, 1.54) is 32.1 Å². The third kappa shape index (κ3) is 8.05. The van der Waals surface area contributed by atoms with Crippen molar-refractivity contribution >= 4 is 5.96 Å². The molecule has 5 heteroatoms. The molecule has 0 fully saturated rings. The molecule has 0 unspecified atom stereocenters. The summed E-state index contributed by atoms with van der Waals surface area (Å²) in [4.78, 5) is 8.73. The Hall–Kier alpha value is -1.52. The zero-order valence-electron chi connectivity index (χ0n) is 14.5. The van der Waals surface area contributed by atoms with Crippen molar-refractivity contribution in [2.75, 3.05) is 6.54 Å². The molecule has 0 aliphatic carbocycles. The molecular formula is C17H33N5. The Bertz CT molecular complexity index is 422. The Labute approximate surface area is 135 Å². The summed E-state index contributed by atoms with van der Waals surface area (Å²) >= 11 is 0. The SMILES string of the molecule is CCCCCCCCNC(N)=NCc1nccn1CC(C)C. The highest BCUT2D eigenvalue weighted by molar-refractivity contribution is 5.77. The molecule has 0 aliphatic rings. The number of hydrogen-bond donors (Lipinski definition) is 2. The van der Waals surface area contributed by atoms with Crippen LogP contribution < -0.4 is 11.1 Å². The Kier molecular flexibility index (Phi) is 9.35. The molecule has 1 rings (SSSR count). The van der Waals surface area contributed by atoms with E-state index in [0.29, 0.717) is 18.4 Å². The van der Waals surface area contributed by atoms with E-state index in [-0.39, 0.29) is 0 Å². The molecule has 0 radical (unpaired) electrons. The fourth-order valence-corrected chi connectivity index (χ4v) is 2.38. The van der Waals surface area contributed by atoms with Crippen LogP contribution in [0.4, 0.5) is 0 Å². The molecule has 0 spiro atoms. The monoisotopic (exact) mass is 307 g/mol. The van der Waals surface area contributed by atoms with E-state index in [9.17, 15) is 0 Å². The highest BCUT2D eigenvalue weighted by atomic mass is 15.1. The topological polar surface area (TPSA) is 68.2 Å². The van der Waals surface area contributed by atoms with Crippen LogP contribution in [0, 0.1) is 5.92 Å². The van der Waals surface area contributed by atoms with Gasteiger partial charge in [0, 0.05) is 25.5 Å². The number of aliphatic imine (C=N–C) groups is 1. The van der Waals surface area contributed by atoms with E-state index in [0.717, 1.165) is 25.3 Å². The molecule has 0 saturated carbocycles. The van der Waals surface area contributed by atoms with Crippen molar-refractivity contribution in [3.8, 4) is 0 Å². The molecule has 3 N–H and O–H groups in total. The first-order valence-electron chi connectivity index (χ1n) is 8.67. The van der Waals surface area contributed by atoms with Gasteiger partial charge >= 0.3 is 0 Å². The number of hydrogen-bond acceptors (Lipinski definition) is 2. The van der Waals surface area contributed by atoms with Crippen LogP contribution in [0.2, 0.25) is 0 Å². The fraction of sp³-hybridized carbons (Fsp3) is 0.765. The summed E-state index contributed by atoms with van der Waals surface area (Å²) in [5.74, 6) is 2.09. The Balaban J connectivity index is 2.21. The first-order valence-corrected chi connectivity index (χ1v) is 8.67. The molecule has 0 atom stereocenters. The van der Waals surface area contributed by atoms with Crippen LogP contribution in [0.15, 0.2) is 17.4 Å². The summed E-state index contributed by atoms with van der Waals surface area (Å²) in [6.07, 6.45) is 11.6. The molecule has 0 aliphatic heterocycles. The zero-order chi connectivity index (χ0) is 16.2. The van der Waals surface area contributed by atoms with Crippen LogP contribution in [0.5, 0.6) is 0 Å². The van der Waals surface area contributed by atoms with Crippen LogP contribution in [-0.4, -0.2) is 22.1 Å². The van der Waals surface area contributed by atoms with Gasteiger partial charge in [0.15, 0.2) is 5.96 Å². The minimum atomic E-state index is 0.521. The second kappa shape index (κ2) is 11.1. The molecule has 0 amide bonds. The van der Waals surface area contributed by atoms with Crippen molar-refractivity contribution in [3.63, 3.8) is 0 Å². The van der Waals surface area contributed by atoms with Crippen molar-refractivity contribution in [1.82, 2.24) is 14.9 Å². The number of nitrogens with zero attached hydrogens (tertiary/aromatic N) is 3. The number of nitrogens with two attached hydrogens (primary N) is 1. The molecular weight excluding hydrogens is 274 g/mol. The van der Waals surface area contributed by atoms with Crippen molar-refractivity contribution in [3.05, 3.63) is 18.2 Å². The van der Waals surface area contributed by atoms with Crippen molar-refractivity contribution < 1.29 is 0 Å². The van der Waals surface area contributed by atoms with Gasteiger partial charge in [-0.25, -0.2) is 9.98 Å². The summed E-state index contributed by atoms with van der Waals surface area (Å²) in [5.41, 5.74) is 5.91. The first-order chi connectivity index (χ1) is 10.6. The number of unbranched alkanes of at least 4 members (excludes halogenated alkanes) is 5. The van der Waals surface area contributed by atoms with Gasteiger partial charge in [0.05, 0.1) is 0 Å². The average Bonchev–Trinajstić information content (AvgIpc) is 2.90. The molecule has 5 nitrogen and oxygen atoms in total. The third-order valence-corrected chi connectivity index (χ3v) is 3.59. The van der Waals surface area contributed by atoms with Gasteiger partial charge in [-0.15, -0.1) is 0 Å². The largest absolute Gasteiger partial charge is 0.370 e. The smallest absolute Gasteiger partial charge is 0.189 e. The van der Waals surface area contributed by atoms with Gasteiger partial charge in [0.25, 0.3) is 0 Å². The minimum Gasteiger partial charge on any atom is -0.370 e. The van der Waals surface area contributed by atoms with Crippen molar-refractivity contribution in [2.45, 2.75) is 72.4 Å². The maximum Gasteiger partial charge on any atom is 0.189 e. The molecule has 1 aromatic heterocycles. The summed E-state index contributed by atoms with van der Waals surface area (Å²) in [6, 6.07) is 0. The standard InChI is InChI=1S/C17H33N5/c1-4-5-6-7-8-9-10-20-17(18)21-13-16-19-11-12-22(16)14-15(2)3/h11-12,15H,4-10,13-14H2,1-3H3,(H3,18,20,21). The van der Waals surface area contributed by atoms with E-state index in [4.69, 9.17) is 5.73 Å².